The van der Waals surface area contributed by atoms with Crippen LogP contribution in [0, 0.1) is 0 Å². The lowest BCUT2D eigenvalue weighted by molar-refractivity contribution is -0.120. The number of rotatable bonds is 8. The second kappa shape index (κ2) is 8.48. The van der Waals surface area contributed by atoms with Crippen LogP contribution in [0.5, 0.6) is 5.88 Å². The molecule has 5 heteroatoms. The van der Waals surface area contributed by atoms with E-state index in [9.17, 15) is 4.79 Å². The molecular weight excluding hydrogens is 242 g/mol. The molecule has 1 amide bonds. The van der Waals surface area contributed by atoms with Crippen molar-refractivity contribution in [2.75, 3.05) is 13.7 Å². The van der Waals surface area contributed by atoms with Crippen LogP contribution in [0.15, 0.2) is 18.3 Å². The minimum atomic E-state index is 0.0174. The molecule has 2 N–H and O–H groups in total. The predicted octanol–water partition coefficient (Wildman–Crippen LogP) is 1.48. The molecule has 1 aromatic rings. The first-order valence-corrected chi connectivity index (χ1v) is 6.65. The number of aromatic nitrogens is 1. The van der Waals surface area contributed by atoms with Crippen LogP contribution in [0.4, 0.5) is 0 Å². The molecule has 0 spiro atoms. The van der Waals surface area contributed by atoms with Crippen LogP contribution >= 0.6 is 0 Å². The molecular formula is C14H23N3O2. The van der Waals surface area contributed by atoms with E-state index in [1.165, 1.54) is 0 Å². The second-order valence-electron chi connectivity index (χ2n) is 4.53. The summed E-state index contributed by atoms with van der Waals surface area (Å²) in [5.74, 6) is 0.610. The number of carbonyl (C=O) groups excluding carboxylic acids is 1. The summed E-state index contributed by atoms with van der Waals surface area (Å²) < 4.78 is 5.15. The van der Waals surface area contributed by atoms with Gasteiger partial charge in [-0.25, -0.2) is 4.98 Å². The van der Waals surface area contributed by atoms with Gasteiger partial charge in [0.1, 0.15) is 0 Å². The summed E-state index contributed by atoms with van der Waals surface area (Å²) >= 11 is 0. The van der Waals surface area contributed by atoms with Gasteiger partial charge in [-0.1, -0.05) is 19.4 Å². The highest BCUT2D eigenvalue weighted by molar-refractivity contribution is 5.78. The fourth-order valence-electron chi connectivity index (χ4n) is 1.88. The minimum absolute atomic E-state index is 0.0174. The Labute approximate surface area is 114 Å². The Morgan fingerprint density at radius 2 is 2.32 bits per heavy atom. The van der Waals surface area contributed by atoms with Crippen LogP contribution < -0.4 is 15.4 Å². The number of amides is 1. The zero-order chi connectivity index (χ0) is 14.1. The van der Waals surface area contributed by atoms with Gasteiger partial charge in [0.2, 0.25) is 11.8 Å². The molecule has 19 heavy (non-hydrogen) atoms. The maximum absolute atomic E-state index is 11.7. The van der Waals surface area contributed by atoms with E-state index < -0.39 is 0 Å². The van der Waals surface area contributed by atoms with Crippen molar-refractivity contribution in [3.8, 4) is 5.88 Å². The molecule has 106 valence electrons. The lowest BCUT2D eigenvalue weighted by atomic mass is 10.2. The average Bonchev–Trinajstić information content (AvgIpc) is 2.39. The van der Waals surface area contributed by atoms with Crippen molar-refractivity contribution in [1.82, 2.24) is 15.6 Å². The summed E-state index contributed by atoms with van der Waals surface area (Å²) in [7, 11) is 1.59. The number of pyridine rings is 1. The molecule has 0 saturated heterocycles. The van der Waals surface area contributed by atoms with Gasteiger partial charge in [0.25, 0.3) is 0 Å². The lowest BCUT2D eigenvalue weighted by Crippen LogP contribution is -2.38. The smallest absolute Gasteiger partial charge is 0.234 e. The molecule has 0 aliphatic heterocycles. The molecule has 0 saturated carbocycles. The molecule has 1 atom stereocenters. The second-order valence-corrected chi connectivity index (χ2v) is 4.53. The normalized spacial score (nSPS) is 11.9. The average molecular weight is 265 g/mol. The van der Waals surface area contributed by atoms with Crippen LogP contribution in [-0.2, 0) is 11.3 Å². The van der Waals surface area contributed by atoms with Crippen LogP contribution in [-0.4, -0.2) is 30.6 Å². The van der Waals surface area contributed by atoms with E-state index in [0.29, 0.717) is 19.0 Å². The number of ether oxygens (including phenoxy) is 1. The Morgan fingerprint density at radius 3 is 3.00 bits per heavy atom. The van der Waals surface area contributed by atoms with E-state index in [1.54, 1.807) is 13.3 Å². The quantitative estimate of drug-likeness (QED) is 0.747. The van der Waals surface area contributed by atoms with Crippen molar-refractivity contribution < 1.29 is 9.53 Å². The van der Waals surface area contributed by atoms with E-state index in [1.807, 2.05) is 19.1 Å². The number of hydrogen-bond acceptors (Lipinski definition) is 4. The molecule has 1 heterocycles. The first-order chi connectivity index (χ1) is 9.17. The number of methoxy groups -OCH3 is 1. The zero-order valence-corrected chi connectivity index (χ0v) is 11.9. The van der Waals surface area contributed by atoms with Crippen LogP contribution in [0.2, 0.25) is 0 Å². The van der Waals surface area contributed by atoms with Gasteiger partial charge in [0.15, 0.2) is 0 Å². The van der Waals surface area contributed by atoms with Crippen LogP contribution in [0.3, 0.4) is 0 Å². The minimum Gasteiger partial charge on any atom is -0.481 e. The summed E-state index contributed by atoms with van der Waals surface area (Å²) in [6.07, 6.45) is 3.76. The van der Waals surface area contributed by atoms with E-state index in [0.717, 1.165) is 18.4 Å². The van der Waals surface area contributed by atoms with Crippen molar-refractivity contribution in [3.05, 3.63) is 23.9 Å². The summed E-state index contributed by atoms with van der Waals surface area (Å²) in [6.45, 7) is 4.99. The molecule has 0 radical (unpaired) electrons. The van der Waals surface area contributed by atoms with Crippen molar-refractivity contribution in [2.24, 2.45) is 0 Å². The largest absolute Gasteiger partial charge is 0.481 e. The van der Waals surface area contributed by atoms with E-state index in [4.69, 9.17) is 4.74 Å². The molecule has 0 aliphatic rings. The Balaban J connectivity index is 2.31. The van der Waals surface area contributed by atoms with Gasteiger partial charge in [0, 0.05) is 24.3 Å². The summed E-state index contributed by atoms with van der Waals surface area (Å²) in [4.78, 5) is 15.8. The van der Waals surface area contributed by atoms with Gasteiger partial charge in [-0.2, -0.15) is 0 Å². The highest BCUT2D eigenvalue weighted by atomic mass is 16.5. The van der Waals surface area contributed by atoms with Crippen molar-refractivity contribution in [2.45, 2.75) is 39.3 Å². The third-order valence-electron chi connectivity index (χ3n) is 2.77. The number of nitrogens with zero attached hydrogens (tertiary/aromatic N) is 1. The van der Waals surface area contributed by atoms with Crippen LogP contribution in [0.25, 0.3) is 0 Å². The summed E-state index contributed by atoms with van der Waals surface area (Å²) in [6, 6.07) is 4.01. The van der Waals surface area contributed by atoms with Gasteiger partial charge in [-0.15, -0.1) is 0 Å². The zero-order valence-electron chi connectivity index (χ0n) is 11.9. The van der Waals surface area contributed by atoms with Crippen LogP contribution in [0.1, 0.15) is 32.3 Å². The Kier molecular flexibility index (Phi) is 6.89. The maximum atomic E-state index is 11.7. The maximum Gasteiger partial charge on any atom is 0.234 e. The fourth-order valence-corrected chi connectivity index (χ4v) is 1.88. The van der Waals surface area contributed by atoms with Gasteiger partial charge in [-0.3, -0.25) is 4.79 Å². The highest BCUT2D eigenvalue weighted by Crippen LogP contribution is 2.12. The molecule has 1 aromatic heterocycles. The van der Waals surface area contributed by atoms with E-state index >= 15 is 0 Å². The number of hydrogen-bond donors (Lipinski definition) is 2. The topological polar surface area (TPSA) is 63.2 Å². The van der Waals surface area contributed by atoms with Gasteiger partial charge >= 0.3 is 0 Å². The Hall–Kier alpha value is -1.62. The highest BCUT2D eigenvalue weighted by Gasteiger charge is 2.07. The third kappa shape index (κ3) is 5.70. The number of carbonyl (C=O) groups is 1. The Bertz CT molecular complexity index is 396. The third-order valence-corrected chi connectivity index (χ3v) is 2.77. The Morgan fingerprint density at radius 1 is 1.53 bits per heavy atom. The van der Waals surface area contributed by atoms with Gasteiger partial charge in [-0.05, 0) is 19.4 Å². The fraction of sp³-hybridized carbons (Fsp3) is 0.571. The molecule has 1 rings (SSSR count). The molecule has 0 aliphatic carbocycles. The standard InChI is InChI=1S/C14H23N3O2/c1-4-6-11(2)17-13(18)10-15-9-12-7-5-8-16-14(12)19-3/h5,7-8,11,15H,4,6,9-10H2,1-3H3,(H,17,18). The number of nitrogens with one attached hydrogen (secondary N) is 2. The summed E-state index contributed by atoms with van der Waals surface area (Å²) in [5.41, 5.74) is 0.944. The molecule has 0 bridgehead atoms. The van der Waals surface area contributed by atoms with Gasteiger partial charge in [0.05, 0.1) is 13.7 Å². The monoisotopic (exact) mass is 265 g/mol. The van der Waals surface area contributed by atoms with E-state index in [2.05, 4.69) is 22.5 Å². The molecule has 0 aromatic carbocycles. The molecule has 1 unspecified atom stereocenters. The SMILES string of the molecule is CCCC(C)NC(=O)CNCc1cccnc1OC. The van der Waals surface area contributed by atoms with E-state index in [-0.39, 0.29) is 11.9 Å². The molecule has 5 nitrogen and oxygen atoms in total. The lowest BCUT2D eigenvalue weighted by Gasteiger charge is -2.13. The van der Waals surface area contributed by atoms with Gasteiger partial charge < -0.3 is 15.4 Å². The summed E-state index contributed by atoms with van der Waals surface area (Å²) in [5, 5.41) is 6.04. The van der Waals surface area contributed by atoms with Crippen molar-refractivity contribution in [1.29, 1.82) is 0 Å². The first kappa shape index (κ1) is 15.4. The van der Waals surface area contributed by atoms with Crippen molar-refractivity contribution in [3.63, 3.8) is 0 Å². The predicted molar refractivity (Wildman–Crippen MR) is 75.0 cm³/mol. The first-order valence-electron chi connectivity index (χ1n) is 6.65. The van der Waals surface area contributed by atoms with Crippen molar-refractivity contribution >= 4 is 5.91 Å². The molecule has 0 fully saturated rings.